The minimum Gasteiger partial charge on any atom is -0.293 e. The van der Waals surface area contributed by atoms with Gasteiger partial charge in [-0.25, -0.2) is 0 Å². The molecule has 2 rings (SSSR count). The molecule has 0 spiro atoms. The van der Waals surface area contributed by atoms with E-state index in [1.165, 1.54) is 10.4 Å². The smallest absolute Gasteiger partial charge is 0.178 e. The van der Waals surface area contributed by atoms with Gasteiger partial charge in [-0.05, 0) is 31.4 Å². The summed E-state index contributed by atoms with van der Waals surface area (Å²) in [6.07, 6.45) is 2.06. The summed E-state index contributed by atoms with van der Waals surface area (Å²) in [5.74, 6) is 0.340. The first-order chi connectivity index (χ1) is 6.00. The summed E-state index contributed by atoms with van der Waals surface area (Å²) in [6, 6.07) is 2.16. The van der Waals surface area contributed by atoms with Gasteiger partial charge >= 0.3 is 0 Å². The highest BCUT2D eigenvalue weighted by Gasteiger charge is 2.35. The zero-order chi connectivity index (χ0) is 9.64. The maximum absolute atomic E-state index is 12.0. The summed E-state index contributed by atoms with van der Waals surface area (Å²) in [5, 5.41) is 0. The largest absolute Gasteiger partial charge is 0.293 e. The van der Waals surface area contributed by atoms with Gasteiger partial charge in [-0.1, -0.05) is 13.8 Å². The fraction of sp³-hybridized carbons (Fsp3) is 0.545. The highest BCUT2D eigenvalue weighted by molar-refractivity contribution is 7.14. The maximum Gasteiger partial charge on any atom is 0.178 e. The van der Waals surface area contributed by atoms with Gasteiger partial charge < -0.3 is 0 Å². The summed E-state index contributed by atoms with van der Waals surface area (Å²) in [5.41, 5.74) is 1.14. The molecule has 0 fully saturated rings. The van der Waals surface area contributed by atoms with Gasteiger partial charge in [0.25, 0.3) is 0 Å². The highest BCUT2D eigenvalue weighted by Crippen LogP contribution is 2.38. The fourth-order valence-corrected chi connectivity index (χ4v) is 3.00. The summed E-state index contributed by atoms with van der Waals surface area (Å²) in [4.78, 5) is 14.2. The predicted octanol–water partition coefficient (Wildman–Crippen LogP) is 3.21. The van der Waals surface area contributed by atoms with E-state index in [0.29, 0.717) is 5.78 Å². The van der Waals surface area contributed by atoms with Crippen molar-refractivity contribution in [1.29, 1.82) is 0 Å². The van der Waals surface area contributed by atoms with Crippen LogP contribution in [-0.4, -0.2) is 5.78 Å². The van der Waals surface area contributed by atoms with Gasteiger partial charge in [0.1, 0.15) is 0 Å². The molecule has 1 heterocycles. The van der Waals surface area contributed by atoms with Crippen molar-refractivity contribution >= 4 is 17.1 Å². The van der Waals surface area contributed by atoms with Crippen molar-refractivity contribution in [3.63, 3.8) is 0 Å². The molecule has 13 heavy (non-hydrogen) atoms. The van der Waals surface area contributed by atoms with Crippen molar-refractivity contribution in [2.45, 2.75) is 33.6 Å². The van der Waals surface area contributed by atoms with E-state index < -0.39 is 0 Å². The quantitative estimate of drug-likeness (QED) is 0.619. The minimum absolute atomic E-state index is 0.135. The van der Waals surface area contributed by atoms with E-state index in [1.54, 1.807) is 11.3 Å². The van der Waals surface area contributed by atoms with Crippen LogP contribution in [-0.2, 0) is 6.42 Å². The molecule has 0 aromatic carbocycles. The van der Waals surface area contributed by atoms with E-state index in [0.717, 1.165) is 17.7 Å². The zero-order valence-corrected chi connectivity index (χ0v) is 9.12. The van der Waals surface area contributed by atoms with Gasteiger partial charge in [-0.15, -0.1) is 11.3 Å². The van der Waals surface area contributed by atoms with Gasteiger partial charge in [-0.3, -0.25) is 4.79 Å². The number of fused-ring (bicyclic) bond motifs is 1. The molecular weight excluding hydrogens is 180 g/mol. The number of rotatable bonds is 0. The predicted molar refractivity (Wildman–Crippen MR) is 55.5 cm³/mol. The van der Waals surface area contributed by atoms with Crippen LogP contribution in [0.2, 0.25) is 0 Å². The van der Waals surface area contributed by atoms with Crippen molar-refractivity contribution < 1.29 is 4.79 Å². The molecule has 1 aromatic heterocycles. The monoisotopic (exact) mass is 194 g/mol. The van der Waals surface area contributed by atoms with Crippen LogP contribution in [0.1, 0.15) is 40.4 Å². The molecule has 0 atom stereocenters. The normalized spacial score (nSPS) is 20.1. The maximum atomic E-state index is 12.0. The number of hydrogen-bond acceptors (Lipinski definition) is 2. The van der Waals surface area contributed by atoms with Crippen molar-refractivity contribution in [3.05, 3.63) is 21.4 Å². The van der Waals surface area contributed by atoms with Crippen molar-refractivity contribution in [2.24, 2.45) is 5.41 Å². The standard InChI is InChI=1S/C11H14OS/c1-7-6-8-4-5-11(2,3)10(12)9(8)13-7/h6H,4-5H2,1-3H3. The van der Waals surface area contributed by atoms with E-state index in [-0.39, 0.29) is 5.41 Å². The van der Waals surface area contributed by atoms with Crippen LogP contribution in [0.4, 0.5) is 0 Å². The molecule has 0 N–H and O–H groups in total. The molecule has 70 valence electrons. The molecule has 1 aliphatic rings. The Morgan fingerprint density at radius 1 is 1.46 bits per heavy atom. The average Bonchev–Trinajstić information content (AvgIpc) is 2.40. The Morgan fingerprint density at radius 3 is 2.85 bits per heavy atom. The number of hydrogen-bond donors (Lipinski definition) is 0. The Labute approximate surface area is 82.8 Å². The number of thiophene rings is 1. The van der Waals surface area contributed by atoms with Crippen molar-refractivity contribution in [3.8, 4) is 0 Å². The van der Waals surface area contributed by atoms with Crippen LogP contribution >= 0.6 is 11.3 Å². The lowest BCUT2D eigenvalue weighted by Gasteiger charge is -2.27. The van der Waals surface area contributed by atoms with Gasteiger partial charge in [0.2, 0.25) is 0 Å². The van der Waals surface area contributed by atoms with Crippen molar-refractivity contribution in [1.82, 2.24) is 0 Å². The number of aryl methyl sites for hydroxylation is 2. The summed E-state index contributed by atoms with van der Waals surface area (Å²) in [6.45, 7) is 6.17. The molecule has 0 amide bonds. The average molecular weight is 194 g/mol. The molecule has 0 radical (unpaired) electrons. The molecule has 1 aliphatic carbocycles. The summed E-state index contributed by atoms with van der Waals surface area (Å²) >= 11 is 1.65. The lowest BCUT2D eigenvalue weighted by molar-refractivity contribution is 0.0816. The molecular formula is C11H14OS. The van der Waals surface area contributed by atoms with Crippen molar-refractivity contribution in [2.75, 3.05) is 0 Å². The third-order valence-electron chi connectivity index (χ3n) is 2.77. The van der Waals surface area contributed by atoms with E-state index in [1.807, 2.05) is 13.8 Å². The van der Waals surface area contributed by atoms with E-state index in [2.05, 4.69) is 13.0 Å². The second kappa shape index (κ2) is 2.68. The van der Waals surface area contributed by atoms with Gasteiger partial charge in [-0.2, -0.15) is 0 Å². The lowest BCUT2D eigenvalue weighted by atomic mass is 9.77. The Balaban J connectivity index is 2.51. The van der Waals surface area contributed by atoms with E-state index in [9.17, 15) is 4.79 Å². The third-order valence-corrected chi connectivity index (χ3v) is 3.86. The third kappa shape index (κ3) is 1.33. The number of Topliss-reactive ketones (excluding diaryl/α,β-unsaturated/α-hetero) is 1. The topological polar surface area (TPSA) is 17.1 Å². The van der Waals surface area contributed by atoms with Gasteiger partial charge in [0.15, 0.2) is 5.78 Å². The number of carbonyl (C=O) groups is 1. The first-order valence-corrected chi connectivity index (χ1v) is 5.46. The van der Waals surface area contributed by atoms with Crippen LogP contribution in [0.15, 0.2) is 6.07 Å². The number of carbonyl (C=O) groups excluding carboxylic acids is 1. The Kier molecular flexibility index (Phi) is 1.84. The SMILES string of the molecule is Cc1cc2c(s1)C(=O)C(C)(C)CC2. The minimum atomic E-state index is -0.135. The molecule has 0 unspecified atom stereocenters. The van der Waals surface area contributed by atoms with Crippen LogP contribution in [0.5, 0.6) is 0 Å². The molecule has 0 saturated carbocycles. The zero-order valence-electron chi connectivity index (χ0n) is 8.31. The summed E-state index contributed by atoms with van der Waals surface area (Å²) in [7, 11) is 0. The molecule has 0 bridgehead atoms. The Hall–Kier alpha value is -0.630. The highest BCUT2D eigenvalue weighted by atomic mass is 32.1. The molecule has 2 heteroatoms. The second-order valence-electron chi connectivity index (χ2n) is 4.42. The van der Waals surface area contributed by atoms with Crippen LogP contribution in [0.25, 0.3) is 0 Å². The van der Waals surface area contributed by atoms with Gasteiger partial charge in [0.05, 0.1) is 4.88 Å². The number of ketones is 1. The first-order valence-electron chi connectivity index (χ1n) is 4.65. The fourth-order valence-electron chi connectivity index (χ4n) is 1.81. The van der Waals surface area contributed by atoms with Crippen LogP contribution in [0, 0.1) is 12.3 Å². The molecule has 0 aliphatic heterocycles. The van der Waals surface area contributed by atoms with Gasteiger partial charge in [0, 0.05) is 10.3 Å². The van der Waals surface area contributed by atoms with E-state index in [4.69, 9.17) is 0 Å². The lowest BCUT2D eigenvalue weighted by Crippen LogP contribution is -2.28. The molecule has 1 aromatic rings. The first kappa shape index (κ1) is 8.95. The van der Waals surface area contributed by atoms with Crippen LogP contribution < -0.4 is 0 Å². The Morgan fingerprint density at radius 2 is 2.15 bits per heavy atom. The second-order valence-corrected chi connectivity index (χ2v) is 5.68. The Bertz CT molecular complexity index is 360. The van der Waals surface area contributed by atoms with E-state index >= 15 is 0 Å². The molecule has 0 saturated heterocycles. The molecule has 1 nitrogen and oxygen atoms in total. The summed E-state index contributed by atoms with van der Waals surface area (Å²) < 4.78 is 0. The van der Waals surface area contributed by atoms with Crippen LogP contribution in [0.3, 0.4) is 0 Å².